The third-order valence-corrected chi connectivity index (χ3v) is 3.27. The third kappa shape index (κ3) is 3.58. The molecule has 102 valence electrons. The van der Waals surface area contributed by atoms with Crippen molar-refractivity contribution < 1.29 is 14.6 Å². The number of carboxylic acid groups (broad SMARTS) is 1. The van der Waals surface area contributed by atoms with E-state index in [2.05, 4.69) is 17.0 Å². The summed E-state index contributed by atoms with van der Waals surface area (Å²) in [6, 6.07) is 8.06. The second-order valence-electron chi connectivity index (χ2n) is 4.51. The first-order chi connectivity index (χ1) is 9.20. The number of carbonyl (C=O) groups is 1. The minimum atomic E-state index is -0.895. The molecule has 1 aliphatic heterocycles. The zero-order chi connectivity index (χ0) is 13.7. The second kappa shape index (κ2) is 6.38. The van der Waals surface area contributed by atoms with Gasteiger partial charge in [-0.25, -0.2) is 4.79 Å². The molecule has 0 amide bonds. The van der Waals surface area contributed by atoms with E-state index in [4.69, 9.17) is 9.84 Å². The Bertz CT molecular complexity index is 476. The zero-order valence-electron chi connectivity index (χ0n) is 11.1. The largest absolute Gasteiger partial charge is 0.478 e. The van der Waals surface area contributed by atoms with Gasteiger partial charge in [-0.05, 0) is 29.7 Å². The Labute approximate surface area is 113 Å². The molecule has 1 N–H and O–H groups in total. The van der Waals surface area contributed by atoms with E-state index in [0.29, 0.717) is 6.42 Å². The van der Waals surface area contributed by atoms with Gasteiger partial charge in [0.2, 0.25) is 0 Å². The van der Waals surface area contributed by atoms with Crippen molar-refractivity contribution in [3.63, 3.8) is 0 Å². The predicted molar refractivity (Wildman–Crippen MR) is 75.4 cm³/mol. The van der Waals surface area contributed by atoms with Crippen molar-refractivity contribution in [1.29, 1.82) is 0 Å². The van der Waals surface area contributed by atoms with Crippen molar-refractivity contribution >= 4 is 17.2 Å². The number of allylic oxidation sites excluding steroid dienone is 1. The average molecular weight is 261 g/mol. The molecule has 0 bridgehead atoms. The summed E-state index contributed by atoms with van der Waals surface area (Å²) >= 11 is 0. The maximum absolute atomic E-state index is 10.8. The Morgan fingerprint density at radius 1 is 1.42 bits per heavy atom. The lowest BCUT2D eigenvalue weighted by molar-refractivity contribution is -0.131. The van der Waals surface area contributed by atoms with Crippen molar-refractivity contribution in [1.82, 2.24) is 0 Å². The Kier molecular flexibility index (Phi) is 4.58. The molecule has 0 unspecified atom stereocenters. The highest BCUT2D eigenvalue weighted by atomic mass is 16.5. The van der Waals surface area contributed by atoms with Crippen molar-refractivity contribution in [2.45, 2.75) is 13.3 Å². The molecule has 0 saturated carbocycles. The average Bonchev–Trinajstić information content (AvgIpc) is 2.45. The van der Waals surface area contributed by atoms with Gasteiger partial charge in [0.05, 0.1) is 13.2 Å². The molecule has 1 aromatic carbocycles. The van der Waals surface area contributed by atoms with Crippen molar-refractivity contribution in [2.24, 2.45) is 0 Å². The molecular formula is C15H19NO3. The van der Waals surface area contributed by atoms with E-state index in [1.54, 1.807) is 0 Å². The minimum Gasteiger partial charge on any atom is -0.478 e. The SMILES string of the molecule is CCC(=CC(=O)O)c1cccc(N2CCOCC2)c1. The summed E-state index contributed by atoms with van der Waals surface area (Å²) in [4.78, 5) is 13.1. The number of rotatable bonds is 4. The van der Waals surface area contributed by atoms with Crippen LogP contribution in [-0.2, 0) is 9.53 Å². The fourth-order valence-electron chi connectivity index (χ4n) is 2.26. The molecule has 2 rings (SSSR count). The first kappa shape index (κ1) is 13.6. The van der Waals surface area contributed by atoms with Gasteiger partial charge in [-0.1, -0.05) is 19.1 Å². The molecule has 1 aromatic rings. The Hall–Kier alpha value is -1.81. The van der Waals surface area contributed by atoms with Crippen LogP contribution in [0.3, 0.4) is 0 Å². The number of hydrogen-bond donors (Lipinski definition) is 1. The highest BCUT2D eigenvalue weighted by Crippen LogP contribution is 2.24. The normalized spacial score (nSPS) is 16.5. The van der Waals surface area contributed by atoms with E-state index in [1.807, 2.05) is 19.1 Å². The predicted octanol–water partition coefficient (Wildman–Crippen LogP) is 2.40. The van der Waals surface area contributed by atoms with Crippen LogP contribution in [0.15, 0.2) is 30.3 Å². The Balaban J connectivity index is 2.25. The van der Waals surface area contributed by atoms with Gasteiger partial charge in [-0.15, -0.1) is 0 Å². The number of morpholine rings is 1. The van der Waals surface area contributed by atoms with Gasteiger partial charge in [-0.2, -0.15) is 0 Å². The first-order valence-electron chi connectivity index (χ1n) is 6.57. The summed E-state index contributed by atoms with van der Waals surface area (Å²) in [6.07, 6.45) is 2.00. The molecule has 0 aromatic heterocycles. The molecule has 0 aliphatic carbocycles. The number of anilines is 1. The molecule has 0 spiro atoms. The smallest absolute Gasteiger partial charge is 0.328 e. The van der Waals surface area contributed by atoms with Gasteiger partial charge in [0.25, 0.3) is 0 Å². The molecule has 0 radical (unpaired) electrons. The molecule has 4 nitrogen and oxygen atoms in total. The molecule has 1 fully saturated rings. The van der Waals surface area contributed by atoms with Crippen LogP contribution in [0.25, 0.3) is 5.57 Å². The highest BCUT2D eigenvalue weighted by molar-refractivity contribution is 5.90. The van der Waals surface area contributed by atoms with E-state index in [-0.39, 0.29) is 0 Å². The molecule has 1 saturated heterocycles. The number of carboxylic acids is 1. The standard InChI is InChI=1S/C15H19NO3/c1-2-12(11-15(17)18)13-4-3-5-14(10-13)16-6-8-19-9-7-16/h3-5,10-11H,2,6-9H2,1H3,(H,17,18). The van der Waals surface area contributed by atoms with E-state index >= 15 is 0 Å². The molecule has 1 aliphatic rings. The van der Waals surface area contributed by atoms with Crippen LogP contribution in [0.1, 0.15) is 18.9 Å². The number of nitrogens with zero attached hydrogens (tertiary/aromatic N) is 1. The lowest BCUT2D eigenvalue weighted by atomic mass is 10.0. The highest BCUT2D eigenvalue weighted by Gasteiger charge is 2.12. The first-order valence-corrected chi connectivity index (χ1v) is 6.57. The van der Waals surface area contributed by atoms with Gasteiger partial charge in [-0.3, -0.25) is 0 Å². The Morgan fingerprint density at radius 2 is 2.16 bits per heavy atom. The maximum atomic E-state index is 10.8. The molecule has 1 heterocycles. The Morgan fingerprint density at radius 3 is 2.79 bits per heavy atom. The van der Waals surface area contributed by atoms with Crippen LogP contribution in [0.5, 0.6) is 0 Å². The fourth-order valence-corrected chi connectivity index (χ4v) is 2.26. The van der Waals surface area contributed by atoms with E-state index in [1.165, 1.54) is 6.08 Å². The maximum Gasteiger partial charge on any atom is 0.328 e. The lowest BCUT2D eigenvalue weighted by Crippen LogP contribution is -2.36. The van der Waals surface area contributed by atoms with Gasteiger partial charge in [0.1, 0.15) is 0 Å². The minimum absolute atomic E-state index is 0.707. The van der Waals surface area contributed by atoms with Gasteiger partial charge < -0.3 is 14.7 Å². The monoisotopic (exact) mass is 261 g/mol. The second-order valence-corrected chi connectivity index (χ2v) is 4.51. The fraction of sp³-hybridized carbons (Fsp3) is 0.400. The van der Waals surface area contributed by atoms with Crippen LogP contribution in [-0.4, -0.2) is 37.4 Å². The van der Waals surface area contributed by atoms with Gasteiger partial charge in [0, 0.05) is 24.9 Å². The number of aliphatic carboxylic acids is 1. The number of hydrogen-bond acceptors (Lipinski definition) is 3. The van der Waals surface area contributed by atoms with E-state index < -0.39 is 5.97 Å². The van der Waals surface area contributed by atoms with Crippen LogP contribution in [0.2, 0.25) is 0 Å². The molecule has 0 atom stereocenters. The third-order valence-electron chi connectivity index (χ3n) is 3.27. The summed E-state index contributed by atoms with van der Waals surface area (Å²) in [7, 11) is 0. The summed E-state index contributed by atoms with van der Waals surface area (Å²) in [5, 5.41) is 8.89. The van der Waals surface area contributed by atoms with Crippen molar-refractivity contribution in [3.05, 3.63) is 35.9 Å². The summed E-state index contributed by atoms with van der Waals surface area (Å²) < 4.78 is 5.34. The number of ether oxygens (including phenoxy) is 1. The van der Waals surface area contributed by atoms with E-state index in [9.17, 15) is 4.79 Å². The van der Waals surface area contributed by atoms with Gasteiger partial charge >= 0.3 is 5.97 Å². The van der Waals surface area contributed by atoms with Crippen molar-refractivity contribution in [3.8, 4) is 0 Å². The summed E-state index contributed by atoms with van der Waals surface area (Å²) in [6.45, 7) is 5.23. The number of benzene rings is 1. The topological polar surface area (TPSA) is 49.8 Å². The lowest BCUT2D eigenvalue weighted by Gasteiger charge is -2.29. The zero-order valence-corrected chi connectivity index (χ0v) is 11.1. The molecule has 19 heavy (non-hydrogen) atoms. The van der Waals surface area contributed by atoms with E-state index in [0.717, 1.165) is 43.1 Å². The van der Waals surface area contributed by atoms with Crippen LogP contribution < -0.4 is 4.90 Å². The quantitative estimate of drug-likeness (QED) is 0.846. The molecular weight excluding hydrogens is 242 g/mol. The summed E-state index contributed by atoms with van der Waals surface area (Å²) in [5.74, 6) is -0.895. The van der Waals surface area contributed by atoms with Crippen LogP contribution in [0, 0.1) is 0 Å². The summed E-state index contributed by atoms with van der Waals surface area (Å²) in [5.41, 5.74) is 2.96. The van der Waals surface area contributed by atoms with Gasteiger partial charge in [0.15, 0.2) is 0 Å². The van der Waals surface area contributed by atoms with Crippen LogP contribution >= 0.6 is 0 Å². The molecule has 4 heteroatoms. The van der Waals surface area contributed by atoms with Crippen molar-refractivity contribution in [2.75, 3.05) is 31.2 Å². The van der Waals surface area contributed by atoms with Crippen LogP contribution in [0.4, 0.5) is 5.69 Å².